The standard InChI is InChI=1S/C35H35ClN4O4/c1-22-26(6-4-7-29(22)30-8-5-9-31(23(30)2)35(42)38-3)21-44-34-14-33(43-20-25-12-24(15-37)16-39-17-25)27(13-32(34)36)18-40-11-10-28(41)19-40/h4-9,12-14,16-17,28,41H,10-11,18-21H2,1-3H3,(H,38,42). The van der Waals surface area contributed by atoms with E-state index in [-0.39, 0.29) is 25.2 Å². The molecule has 1 fully saturated rings. The van der Waals surface area contributed by atoms with E-state index in [0.717, 1.165) is 51.9 Å². The van der Waals surface area contributed by atoms with Crippen molar-refractivity contribution in [1.29, 1.82) is 5.26 Å². The minimum absolute atomic E-state index is 0.118. The third-order valence-corrected chi connectivity index (χ3v) is 8.29. The Hall–Kier alpha value is -4.42. The third kappa shape index (κ3) is 7.03. The van der Waals surface area contributed by atoms with Crippen LogP contribution in [-0.4, -0.2) is 47.1 Å². The zero-order valence-corrected chi connectivity index (χ0v) is 25.8. The summed E-state index contributed by atoms with van der Waals surface area (Å²) >= 11 is 6.75. The predicted molar refractivity (Wildman–Crippen MR) is 170 cm³/mol. The van der Waals surface area contributed by atoms with Gasteiger partial charge in [0.2, 0.25) is 0 Å². The van der Waals surface area contributed by atoms with Gasteiger partial charge < -0.3 is 19.9 Å². The number of benzene rings is 3. The largest absolute Gasteiger partial charge is 0.488 e. The average molecular weight is 611 g/mol. The van der Waals surface area contributed by atoms with Crippen LogP contribution in [0.1, 0.15) is 50.2 Å². The number of pyridine rings is 1. The topological polar surface area (TPSA) is 108 Å². The Bertz CT molecular complexity index is 1720. The first kappa shape index (κ1) is 31.0. The number of halogens is 1. The minimum Gasteiger partial charge on any atom is -0.488 e. The molecule has 1 atom stereocenters. The summed E-state index contributed by atoms with van der Waals surface area (Å²) in [4.78, 5) is 18.7. The maximum Gasteiger partial charge on any atom is 0.251 e. The molecule has 226 valence electrons. The first-order chi connectivity index (χ1) is 21.3. The molecule has 44 heavy (non-hydrogen) atoms. The lowest BCUT2D eigenvalue weighted by Crippen LogP contribution is -2.22. The summed E-state index contributed by atoms with van der Waals surface area (Å²) in [5.74, 6) is 0.978. The molecule has 2 heterocycles. The number of β-amino-alcohol motifs (C(OH)–C–C–N with tert-alkyl or cyclic N) is 1. The molecule has 1 saturated heterocycles. The Morgan fingerprint density at radius 1 is 1.05 bits per heavy atom. The SMILES string of the molecule is CNC(=O)c1cccc(-c2cccc(COc3cc(OCc4cncc(C#N)c4)c(CN4CCC(O)C4)cc3Cl)c2C)c1C. The summed E-state index contributed by atoms with van der Waals surface area (Å²) in [6.45, 7) is 6.44. The Kier molecular flexibility index (Phi) is 9.81. The summed E-state index contributed by atoms with van der Waals surface area (Å²) < 4.78 is 12.5. The molecule has 0 spiro atoms. The van der Waals surface area contributed by atoms with Crippen LogP contribution >= 0.6 is 11.6 Å². The summed E-state index contributed by atoms with van der Waals surface area (Å²) in [5.41, 5.74) is 7.72. The molecule has 5 rings (SSSR count). The highest BCUT2D eigenvalue weighted by atomic mass is 35.5. The van der Waals surface area contributed by atoms with E-state index in [1.54, 1.807) is 19.3 Å². The lowest BCUT2D eigenvalue weighted by atomic mass is 9.91. The Labute approximate surface area is 262 Å². The van der Waals surface area contributed by atoms with Crippen molar-refractivity contribution in [2.75, 3.05) is 20.1 Å². The smallest absolute Gasteiger partial charge is 0.251 e. The normalized spacial score (nSPS) is 14.7. The fourth-order valence-corrected chi connectivity index (χ4v) is 5.77. The van der Waals surface area contributed by atoms with Gasteiger partial charge in [-0.25, -0.2) is 0 Å². The molecule has 1 aliphatic heterocycles. The molecule has 1 aliphatic rings. The van der Waals surface area contributed by atoms with E-state index in [4.69, 9.17) is 21.1 Å². The third-order valence-electron chi connectivity index (χ3n) is 8.00. The van der Waals surface area contributed by atoms with Gasteiger partial charge in [0.25, 0.3) is 5.91 Å². The van der Waals surface area contributed by atoms with Gasteiger partial charge in [-0.3, -0.25) is 14.7 Å². The van der Waals surface area contributed by atoms with Crippen LogP contribution in [0.5, 0.6) is 11.5 Å². The van der Waals surface area contributed by atoms with Crippen molar-refractivity contribution in [2.24, 2.45) is 0 Å². The molecular formula is C35H35ClN4O4. The number of nitriles is 1. The molecule has 3 aromatic carbocycles. The van der Waals surface area contributed by atoms with E-state index in [9.17, 15) is 15.2 Å². The number of nitrogens with one attached hydrogen (secondary N) is 1. The molecule has 0 bridgehead atoms. The highest BCUT2D eigenvalue weighted by Gasteiger charge is 2.23. The zero-order valence-electron chi connectivity index (χ0n) is 25.1. The number of hydrogen-bond donors (Lipinski definition) is 2. The Morgan fingerprint density at radius 3 is 2.52 bits per heavy atom. The van der Waals surface area contributed by atoms with E-state index in [1.807, 2.05) is 62.4 Å². The second-order valence-electron chi connectivity index (χ2n) is 11.0. The summed E-state index contributed by atoms with van der Waals surface area (Å²) in [7, 11) is 1.63. The van der Waals surface area contributed by atoms with Gasteiger partial charge in [0.05, 0.1) is 16.7 Å². The number of ether oxygens (including phenoxy) is 2. The van der Waals surface area contributed by atoms with Crippen molar-refractivity contribution < 1.29 is 19.4 Å². The fraction of sp³-hybridized carbons (Fsp3) is 0.286. The lowest BCUT2D eigenvalue weighted by Gasteiger charge is -2.20. The minimum atomic E-state index is -0.341. The number of likely N-dealkylation sites (tertiary alicyclic amines) is 1. The van der Waals surface area contributed by atoms with Gasteiger partial charge in [0, 0.05) is 61.8 Å². The second-order valence-corrected chi connectivity index (χ2v) is 11.4. The van der Waals surface area contributed by atoms with Crippen LogP contribution in [0, 0.1) is 25.2 Å². The molecule has 0 aliphatic carbocycles. The summed E-state index contributed by atoms with van der Waals surface area (Å²) in [6, 6.07) is 19.3. The second kappa shape index (κ2) is 13.9. The van der Waals surface area contributed by atoms with Crippen molar-refractivity contribution in [2.45, 2.75) is 46.1 Å². The van der Waals surface area contributed by atoms with Gasteiger partial charge in [0.1, 0.15) is 30.8 Å². The first-order valence-electron chi connectivity index (χ1n) is 14.5. The number of rotatable bonds is 10. The van der Waals surface area contributed by atoms with E-state index in [0.29, 0.717) is 40.7 Å². The monoisotopic (exact) mass is 610 g/mol. The predicted octanol–water partition coefficient (Wildman–Crippen LogP) is 5.97. The van der Waals surface area contributed by atoms with Crippen LogP contribution in [0.4, 0.5) is 0 Å². The number of carbonyl (C=O) groups excluding carboxylic acids is 1. The van der Waals surface area contributed by atoms with Crippen LogP contribution in [-0.2, 0) is 19.8 Å². The number of amides is 1. The number of carbonyl (C=O) groups is 1. The van der Waals surface area contributed by atoms with Gasteiger partial charge >= 0.3 is 0 Å². The Balaban J connectivity index is 1.40. The summed E-state index contributed by atoms with van der Waals surface area (Å²) in [5, 5.41) is 22.5. The van der Waals surface area contributed by atoms with Crippen molar-refractivity contribution in [3.05, 3.63) is 111 Å². The van der Waals surface area contributed by atoms with Gasteiger partial charge in [-0.05, 0) is 66.3 Å². The molecule has 2 N–H and O–H groups in total. The number of aromatic nitrogens is 1. The molecule has 0 radical (unpaired) electrons. The number of hydrogen-bond acceptors (Lipinski definition) is 7. The molecule has 1 unspecified atom stereocenters. The van der Waals surface area contributed by atoms with E-state index >= 15 is 0 Å². The average Bonchev–Trinajstić information content (AvgIpc) is 3.44. The maximum absolute atomic E-state index is 12.4. The van der Waals surface area contributed by atoms with Crippen LogP contribution in [0.3, 0.4) is 0 Å². The van der Waals surface area contributed by atoms with Crippen molar-refractivity contribution >= 4 is 17.5 Å². The van der Waals surface area contributed by atoms with Gasteiger partial charge in [-0.15, -0.1) is 0 Å². The van der Waals surface area contributed by atoms with Gasteiger partial charge in [0.15, 0.2) is 0 Å². The van der Waals surface area contributed by atoms with E-state index < -0.39 is 0 Å². The van der Waals surface area contributed by atoms with Crippen molar-refractivity contribution in [1.82, 2.24) is 15.2 Å². The molecular weight excluding hydrogens is 576 g/mol. The number of aliphatic hydroxyl groups is 1. The van der Waals surface area contributed by atoms with Gasteiger partial charge in [-0.2, -0.15) is 5.26 Å². The van der Waals surface area contributed by atoms with Crippen LogP contribution in [0.25, 0.3) is 11.1 Å². The molecule has 9 heteroatoms. The molecule has 1 aromatic heterocycles. The van der Waals surface area contributed by atoms with Crippen molar-refractivity contribution in [3.63, 3.8) is 0 Å². The summed E-state index contributed by atoms with van der Waals surface area (Å²) in [6.07, 6.45) is 3.57. The Morgan fingerprint density at radius 2 is 1.80 bits per heavy atom. The molecule has 8 nitrogen and oxygen atoms in total. The van der Waals surface area contributed by atoms with Crippen LogP contribution in [0.15, 0.2) is 67.0 Å². The number of nitrogens with zero attached hydrogens (tertiary/aromatic N) is 3. The van der Waals surface area contributed by atoms with Gasteiger partial charge in [-0.1, -0.05) is 41.9 Å². The fourth-order valence-electron chi connectivity index (χ4n) is 5.53. The van der Waals surface area contributed by atoms with Crippen molar-refractivity contribution in [3.8, 4) is 28.7 Å². The first-order valence-corrected chi connectivity index (χ1v) is 14.9. The van der Waals surface area contributed by atoms with E-state index in [1.165, 1.54) is 6.20 Å². The number of aliphatic hydroxyl groups excluding tert-OH is 1. The molecule has 0 saturated carbocycles. The maximum atomic E-state index is 12.4. The quantitative estimate of drug-likeness (QED) is 0.228. The van der Waals surface area contributed by atoms with Crippen LogP contribution in [0.2, 0.25) is 5.02 Å². The lowest BCUT2D eigenvalue weighted by molar-refractivity contribution is 0.0962. The van der Waals surface area contributed by atoms with Crippen LogP contribution < -0.4 is 14.8 Å². The molecule has 4 aromatic rings. The molecule has 1 amide bonds. The van der Waals surface area contributed by atoms with E-state index in [2.05, 4.69) is 21.3 Å². The highest BCUT2D eigenvalue weighted by molar-refractivity contribution is 6.32. The highest BCUT2D eigenvalue weighted by Crippen LogP contribution is 2.36. The zero-order chi connectivity index (χ0) is 31.2.